The normalized spacial score (nSPS) is 24.5. The van der Waals surface area contributed by atoms with Gasteiger partial charge in [0.15, 0.2) is 6.10 Å². The van der Waals surface area contributed by atoms with E-state index in [9.17, 15) is 9.59 Å². The molecule has 82 valence electrons. The van der Waals surface area contributed by atoms with Gasteiger partial charge in [0.25, 0.3) is 0 Å². The predicted octanol–water partition coefficient (Wildman–Crippen LogP) is 0.514. The highest BCUT2D eigenvalue weighted by Gasteiger charge is 2.31. The number of allylic oxidation sites excluding steroid dienone is 2. The summed E-state index contributed by atoms with van der Waals surface area (Å²) in [5, 5.41) is 8.87. The molecule has 1 aliphatic carbocycles. The van der Waals surface area contributed by atoms with Crippen LogP contribution in [0.5, 0.6) is 0 Å². The lowest BCUT2D eigenvalue weighted by Crippen LogP contribution is -2.36. The molecule has 0 bridgehead atoms. The van der Waals surface area contributed by atoms with E-state index in [1.165, 1.54) is 26.2 Å². The molecule has 2 atom stereocenters. The molecule has 1 rings (SSSR count). The molecular formula is C10H12O5. The Labute approximate surface area is 87.0 Å². The van der Waals surface area contributed by atoms with Gasteiger partial charge in [-0.1, -0.05) is 6.08 Å². The third-order valence-electron chi connectivity index (χ3n) is 1.98. The lowest BCUT2D eigenvalue weighted by molar-refractivity contribution is -0.150. The Kier molecular flexibility index (Phi) is 3.62. The highest BCUT2D eigenvalue weighted by molar-refractivity contribution is 5.89. The second-order valence-corrected chi connectivity index (χ2v) is 3.04. The van der Waals surface area contributed by atoms with Gasteiger partial charge in [0.1, 0.15) is 6.10 Å². The summed E-state index contributed by atoms with van der Waals surface area (Å²) in [6.07, 6.45) is 3.12. The molecule has 0 heterocycles. The number of hydrogen-bond acceptors (Lipinski definition) is 4. The topological polar surface area (TPSA) is 72.8 Å². The van der Waals surface area contributed by atoms with E-state index in [0.29, 0.717) is 0 Å². The first-order chi connectivity index (χ1) is 7.06. The Bertz CT molecular complexity index is 329. The van der Waals surface area contributed by atoms with Gasteiger partial charge in [-0.2, -0.15) is 0 Å². The maximum atomic E-state index is 10.8. The standard InChI is InChI=1S/C10H12O5/c1-6(11)15-8-5-3-4-7(10(12)13)9(8)14-2/h3-5,8-9H,1-2H3,(H,12,13)/t8-,9+/m1/s1. The van der Waals surface area contributed by atoms with Crippen molar-refractivity contribution in [1.29, 1.82) is 0 Å². The van der Waals surface area contributed by atoms with Crippen LogP contribution in [0.3, 0.4) is 0 Å². The van der Waals surface area contributed by atoms with Crippen molar-refractivity contribution >= 4 is 11.9 Å². The Morgan fingerprint density at radius 1 is 1.47 bits per heavy atom. The molecule has 0 unspecified atom stereocenters. The summed E-state index contributed by atoms with van der Waals surface area (Å²) >= 11 is 0. The summed E-state index contributed by atoms with van der Waals surface area (Å²) in [7, 11) is 1.37. The molecule has 15 heavy (non-hydrogen) atoms. The zero-order valence-corrected chi connectivity index (χ0v) is 8.47. The maximum absolute atomic E-state index is 10.8. The summed E-state index contributed by atoms with van der Waals surface area (Å²) in [6, 6.07) is 0. The van der Waals surface area contributed by atoms with Gasteiger partial charge < -0.3 is 14.6 Å². The number of carboxylic acid groups (broad SMARTS) is 1. The van der Waals surface area contributed by atoms with Crippen molar-refractivity contribution in [2.45, 2.75) is 19.1 Å². The molecule has 0 saturated heterocycles. The van der Waals surface area contributed by atoms with E-state index in [4.69, 9.17) is 14.6 Å². The van der Waals surface area contributed by atoms with Crippen LogP contribution in [-0.2, 0) is 19.1 Å². The summed E-state index contributed by atoms with van der Waals surface area (Å²) in [5.41, 5.74) is 0.0752. The fraction of sp³-hybridized carbons (Fsp3) is 0.400. The number of aliphatic carboxylic acids is 1. The first-order valence-corrected chi connectivity index (χ1v) is 4.38. The highest BCUT2D eigenvalue weighted by Crippen LogP contribution is 2.19. The molecule has 5 heteroatoms. The van der Waals surface area contributed by atoms with Crippen LogP contribution < -0.4 is 0 Å². The van der Waals surface area contributed by atoms with E-state index in [1.807, 2.05) is 0 Å². The van der Waals surface area contributed by atoms with Crippen molar-refractivity contribution in [2.24, 2.45) is 0 Å². The quantitative estimate of drug-likeness (QED) is 0.690. The Morgan fingerprint density at radius 3 is 2.60 bits per heavy atom. The van der Waals surface area contributed by atoms with Crippen LogP contribution in [-0.4, -0.2) is 36.4 Å². The molecule has 0 fully saturated rings. The summed E-state index contributed by atoms with van der Waals surface area (Å²) in [6.45, 7) is 1.26. The van der Waals surface area contributed by atoms with E-state index in [-0.39, 0.29) is 5.57 Å². The van der Waals surface area contributed by atoms with Gasteiger partial charge in [0, 0.05) is 14.0 Å². The highest BCUT2D eigenvalue weighted by atomic mass is 16.6. The van der Waals surface area contributed by atoms with E-state index in [2.05, 4.69) is 0 Å². The molecule has 0 aromatic heterocycles. The van der Waals surface area contributed by atoms with E-state index in [0.717, 1.165) is 0 Å². The summed E-state index contributed by atoms with van der Waals surface area (Å²) in [5.74, 6) is -1.55. The number of ether oxygens (including phenoxy) is 2. The zero-order chi connectivity index (χ0) is 11.4. The van der Waals surface area contributed by atoms with E-state index >= 15 is 0 Å². The Balaban J connectivity index is 2.86. The summed E-state index contributed by atoms with van der Waals surface area (Å²) in [4.78, 5) is 21.6. The zero-order valence-electron chi connectivity index (χ0n) is 8.47. The molecule has 0 amide bonds. The lowest BCUT2D eigenvalue weighted by Gasteiger charge is -2.25. The predicted molar refractivity (Wildman–Crippen MR) is 51.2 cm³/mol. The fourth-order valence-corrected chi connectivity index (χ4v) is 1.39. The van der Waals surface area contributed by atoms with Gasteiger partial charge in [0.2, 0.25) is 0 Å². The first-order valence-electron chi connectivity index (χ1n) is 4.38. The third kappa shape index (κ3) is 2.66. The molecule has 0 radical (unpaired) electrons. The second kappa shape index (κ2) is 4.75. The minimum Gasteiger partial charge on any atom is -0.478 e. The van der Waals surface area contributed by atoms with E-state index in [1.54, 1.807) is 6.08 Å². The Morgan fingerprint density at radius 2 is 2.13 bits per heavy atom. The minimum atomic E-state index is -1.08. The minimum absolute atomic E-state index is 0.0752. The van der Waals surface area contributed by atoms with Crippen LogP contribution in [0.15, 0.2) is 23.8 Å². The average Bonchev–Trinajstić information content (AvgIpc) is 2.16. The molecule has 0 spiro atoms. The van der Waals surface area contributed by atoms with Gasteiger partial charge in [0.05, 0.1) is 5.57 Å². The van der Waals surface area contributed by atoms with Gasteiger partial charge in [-0.05, 0) is 12.2 Å². The van der Waals surface area contributed by atoms with Gasteiger partial charge in [-0.25, -0.2) is 4.79 Å². The second-order valence-electron chi connectivity index (χ2n) is 3.04. The number of carbonyl (C=O) groups is 2. The number of rotatable bonds is 3. The summed E-state index contributed by atoms with van der Waals surface area (Å²) < 4.78 is 9.92. The largest absolute Gasteiger partial charge is 0.478 e. The van der Waals surface area contributed by atoms with Crippen molar-refractivity contribution in [1.82, 2.24) is 0 Å². The van der Waals surface area contributed by atoms with E-state index < -0.39 is 24.1 Å². The molecule has 1 aliphatic rings. The molecule has 5 nitrogen and oxygen atoms in total. The number of methoxy groups -OCH3 is 1. The monoisotopic (exact) mass is 212 g/mol. The van der Waals surface area contributed by atoms with Crippen LogP contribution in [0.4, 0.5) is 0 Å². The van der Waals surface area contributed by atoms with Crippen LogP contribution in [0.1, 0.15) is 6.92 Å². The van der Waals surface area contributed by atoms with Crippen molar-refractivity contribution in [2.75, 3.05) is 7.11 Å². The SMILES string of the molecule is CO[C@H]1C(C(=O)O)=CC=C[C@H]1OC(C)=O. The van der Waals surface area contributed by atoms with Gasteiger partial charge in [-0.15, -0.1) is 0 Å². The average molecular weight is 212 g/mol. The number of hydrogen-bond donors (Lipinski definition) is 1. The third-order valence-corrected chi connectivity index (χ3v) is 1.98. The van der Waals surface area contributed by atoms with Crippen LogP contribution >= 0.6 is 0 Å². The van der Waals surface area contributed by atoms with Gasteiger partial charge >= 0.3 is 11.9 Å². The molecule has 1 N–H and O–H groups in total. The smallest absolute Gasteiger partial charge is 0.334 e. The number of carbonyl (C=O) groups excluding carboxylic acids is 1. The Hall–Kier alpha value is -1.62. The van der Waals surface area contributed by atoms with Crippen LogP contribution in [0.2, 0.25) is 0 Å². The number of esters is 1. The molecule has 0 aromatic carbocycles. The van der Waals surface area contributed by atoms with Gasteiger partial charge in [-0.3, -0.25) is 4.79 Å². The molecule has 0 aliphatic heterocycles. The van der Waals surface area contributed by atoms with Crippen LogP contribution in [0, 0.1) is 0 Å². The molecular weight excluding hydrogens is 200 g/mol. The van der Waals surface area contributed by atoms with Crippen molar-refractivity contribution in [3.63, 3.8) is 0 Å². The van der Waals surface area contributed by atoms with Crippen molar-refractivity contribution < 1.29 is 24.2 Å². The molecule has 0 aromatic rings. The lowest BCUT2D eigenvalue weighted by atomic mass is 9.99. The first kappa shape index (κ1) is 11.5. The fourth-order valence-electron chi connectivity index (χ4n) is 1.39. The number of carboxylic acids is 1. The van der Waals surface area contributed by atoms with Crippen LogP contribution in [0.25, 0.3) is 0 Å². The maximum Gasteiger partial charge on any atom is 0.334 e. The molecule has 0 saturated carbocycles. The van der Waals surface area contributed by atoms with Crippen molar-refractivity contribution in [3.8, 4) is 0 Å². The van der Waals surface area contributed by atoms with Crippen molar-refractivity contribution in [3.05, 3.63) is 23.8 Å².